The van der Waals surface area contributed by atoms with E-state index < -0.39 is 6.03 Å². The van der Waals surface area contributed by atoms with E-state index in [2.05, 4.69) is 27.6 Å². The van der Waals surface area contributed by atoms with Gasteiger partial charge in [0.2, 0.25) is 11.1 Å². The van der Waals surface area contributed by atoms with Crippen LogP contribution in [0.25, 0.3) is 5.69 Å². The van der Waals surface area contributed by atoms with Crippen molar-refractivity contribution >= 4 is 23.7 Å². The number of imide groups is 1. The fourth-order valence-electron chi connectivity index (χ4n) is 3.76. The minimum atomic E-state index is -0.407. The van der Waals surface area contributed by atoms with Crippen LogP contribution in [0.5, 0.6) is 0 Å². The molecule has 2 saturated carbocycles. The van der Waals surface area contributed by atoms with Crippen LogP contribution in [-0.4, -0.2) is 38.5 Å². The summed E-state index contributed by atoms with van der Waals surface area (Å²) in [6.45, 7) is 2.15. The summed E-state index contributed by atoms with van der Waals surface area (Å²) < 4.78 is 1.87. The minimum absolute atomic E-state index is 0.108. The Kier molecular flexibility index (Phi) is 6.18. The van der Waals surface area contributed by atoms with Crippen LogP contribution in [0.1, 0.15) is 57.2 Å². The van der Waals surface area contributed by atoms with Crippen molar-refractivity contribution in [3.05, 3.63) is 36.2 Å². The first-order valence-electron chi connectivity index (χ1n) is 10.4. The number of carbonyl (C=O) groups is 2. The SMILES string of the molecule is C[C@@H]1CCCC[C@H]1NC(=O)NC(=O)CSc1nc(C2CC2)n(-c2ccccc2)n1. The van der Waals surface area contributed by atoms with Crippen molar-refractivity contribution in [2.24, 2.45) is 5.92 Å². The first kappa shape index (κ1) is 19.9. The van der Waals surface area contributed by atoms with Gasteiger partial charge in [0.1, 0.15) is 5.82 Å². The molecule has 0 aliphatic heterocycles. The number of para-hydroxylation sites is 1. The van der Waals surface area contributed by atoms with Gasteiger partial charge < -0.3 is 5.32 Å². The highest BCUT2D eigenvalue weighted by Crippen LogP contribution is 2.40. The molecule has 2 aliphatic rings. The predicted octanol–water partition coefficient (Wildman–Crippen LogP) is 3.64. The highest BCUT2D eigenvalue weighted by Gasteiger charge is 2.30. The first-order chi connectivity index (χ1) is 14.1. The zero-order valence-corrected chi connectivity index (χ0v) is 17.5. The van der Waals surface area contributed by atoms with E-state index in [1.807, 2.05) is 35.0 Å². The molecule has 154 valence electrons. The Balaban J connectivity index is 1.32. The molecule has 1 aromatic carbocycles. The third kappa shape index (κ3) is 5.18. The molecule has 7 nitrogen and oxygen atoms in total. The monoisotopic (exact) mass is 413 g/mol. The lowest BCUT2D eigenvalue weighted by Gasteiger charge is -2.29. The van der Waals surface area contributed by atoms with Crippen molar-refractivity contribution in [1.82, 2.24) is 25.4 Å². The quantitative estimate of drug-likeness (QED) is 0.706. The van der Waals surface area contributed by atoms with Crippen LogP contribution in [0.2, 0.25) is 0 Å². The summed E-state index contributed by atoms with van der Waals surface area (Å²) >= 11 is 1.26. The fraction of sp³-hybridized carbons (Fsp3) is 0.524. The smallest absolute Gasteiger partial charge is 0.321 e. The van der Waals surface area contributed by atoms with E-state index in [4.69, 9.17) is 0 Å². The Morgan fingerprint density at radius 1 is 1.14 bits per heavy atom. The van der Waals surface area contributed by atoms with Crippen molar-refractivity contribution in [1.29, 1.82) is 0 Å². The Morgan fingerprint density at radius 3 is 2.62 bits per heavy atom. The summed E-state index contributed by atoms with van der Waals surface area (Å²) in [4.78, 5) is 29.0. The van der Waals surface area contributed by atoms with Gasteiger partial charge in [0.15, 0.2) is 0 Å². The van der Waals surface area contributed by atoms with Gasteiger partial charge in [-0.2, -0.15) is 0 Å². The van der Waals surface area contributed by atoms with Crippen LogP contribution in [0, 0.1) is 5.92 Å². The molecule has 2 aliphatic carbocycles. The third-order valence-electron chi connectivity index (χ3n) is 5.57. The van der Waals surface area contributed by atoms with E-state index in [1.165, 1.54) is 18.2 Å². The number of aromatic nitrogens is 3. The Labute approximate surface area is 175 Å². The van der Waals surface area contributed by atoms with Gasteiger partial charge in [-0.05, 0) is 43.7 Å². The Hall–Kier alpha value is -2.35. The zero-order valence-electron chi connectivity index (χ0n) is 16.6. The molecule has 1 heterocycles. The normalized spacial score (nSPS) is 21.6. The molecule has 2 atom stereocenters. The van der Waals surface area contributed by atoms with Crippen LogP contribution >= 0.6 is 11.8 Å². The molecule has 3 amide bonds. The topological polar surface area (TPSA) is 88.9 Å². The Bertz CT molecular complexity index is 865. The van der Waals surface area contributed by atoms with Crippen molar-refractivity contribution < 1.29 is 9.59 Å². The van der Waals surface area contributed by atoms with Crippen LogP contribution in [-0.2, 0) is 4.79 Å². The number of benzene rings is 1. The summed E-state index contributed by atoms with van der Waals surface area (Å²) in [5.74, 6) is 1.61. The molecule has 8 heteroatoms. The van der Waals surface area contributed by atoms with Crippen LogP contribution in [0.3, 0.4) is 0 Å². The predicted molar refractivity (Wildman–Crippen MR) is 112 cm³/mol. The molecule has 2 fully saturated rings. The number of hydrogen-bond donors (Lipinski definition) is 2. The second-order valence-corrected chi connectivity index (χ2v) is 8.90. The van der Waals surface area contributed by atoms with Gasteiger partial charge in [0.25, 0.3) is 0 Å². The lowest BCUT2D eigenvalue weighted by atomic mass is 9.86. The van der Waals surface area contributed by atoms with E-state index in [9.17, 15) is 9.59 Å². The lowest BCUT2D eigenvalue weighted by molar-refractivity contribution is -0.117. The molecule has 1 aromatic heterocycles. The summed E-state index contributed by atoms with van der Waals surface area (Å²) in [6.07, 6.45) is 6.67. The van der Waals surface area contributed by atoms with E-state index in [-0.39, 0.29) is 17.7 Å². The van der Waals surface area contributed by atoms with E-state index in [1.54, 1.807) is 0 Å². The van der Waals surface area contributed by atoms with Crippen molar-refractivity contribution in [2.45, 2.75) is 62.6 Å². The number of nitrogens with zero attached hydrogens (tertiary/aromatic N) is 3. The maximum atomic E-state index is 12.2. The molecular weight excluding hydrogens is 386 g/mol. The molecular formula is C21H27N5O2S. The van der Waals surface area contributed by atoms with Crippen LogP contribution in [0.15, 0.2) is 35.5 Å². The Morgan fingerprint density at radius 2 is 1.90 bits per heavy atom. The van der Waals surface area contributed by atoms with Gasteiger partial charge in [0.05, 0.1) is 11.4 Å². The lowest BCUT2D eigenvalue weighted by Crippen LogP contribution is -2.48. The van der Waals surface area contributed by atoms with Gasteiger partial charge in [0, 0.05) is 12.0 Å². The third-order valence-corrected chi connectivity index (χ3v) is 6.41. The average Bonchev–Trinajstić information content (AvgIpc) is 3.48. The van der Waals surface area contributed by atoms with Crippen molar-refractivity contribution in [3.63, 3.8) is 0 Å². The maximum Gasteiger partial charge on any atom is 0.321 e. The van der Waals surface area contributed by atoms with Gasteiger partial charge in [-0.15, -0.1) is 5.10 Å². The van der Waals surface area contributed by atoms with Gasteiger partial charge >= 0.3 is 6.03 Å². The van der Waals surface area contributed by atoms with Crippen molar-refractivity contribution in [2.75, 3.05) is 5.75 Å². The number of urea groups is 1. The van der Waals surface area contributed by atoms with E-state index in [0.29, 0.717) is 17.0 Å². The molecule has 29 heavy (non-hydrogen) atoms. The molecule has 2 N–H and O–H groups in total. The number of nitrogens with one attached hydrogen (secondary N) is 2. The molecule has 2 aromatic rings. The second-order valence-electron chi connectivity index (χ2n) is 7.95. The number of amides is 3. The maximum absolute atomic E-state index is 12.2. The van der Waals surface area contributed by atoms with Crippen molar-refractivity contribution in [3.8, 4) is 5.69 Å². The molecule has 0 spiro atoms. The summed E-state index contributed by atoms with van der Waals surface area (Å²) in [6, 6.07) is 9.65. The summed E-state index contributed by atoms with van der Waals surface area (Å²) in [5, 5.41) is 10.5. The fourth-order valence-corrected chi connectivity index (χ4v) is 4.39. The molecule has 0 radical (unpaired) electrons. The highest BCUT2D eigenvalue weighted by atomic mass is 32.2. The van der Waals surface area contributed by atoms with E-state index >= 15 is 0 Å². The van der Waals surface area contributed by atoms with Crippen LogP contribution < -0.4 is 10.6 Å². The summed E-state index contributed by atoms with van der Waals surface area (Å²) in [7, 11) is 0. The first-order valence-corrected chi connectivity index (χ1v) is 11.3. The highest BCUT2D eigenvalue weighted by molar-refractivity contribution is 7.99. The zero-order chi connectivity index (χ0) is 20.2. The second kappa shape index (κ2) is 8.98. The summed E-state index contributed by atoms with van der Waals surface area (Å²) in [5.41, 5.74) is 0.971. The van der Waals surface area contributed by atoms with Gasteiger partial charge in [-0.25, -0.2) is 14.5 Å². The van der Waals surface area contributed by atoms with Crippen LogP contribution in [0.4, 0.5) is 4.79 Å². The number of carbonyl (C=O) groups excluding carboxylic acids is 2. The van der Waals surface area contributed by atoms with Gasteiger partial charge in [-0.3, -0.25) is 10.1 Å². The largest absolute Gasteiger partial charge is 0.335 e. The molecule has 0 saturated heterocycles. The molecule has 4 rings (SSSR count). The minimum Gasteiger partial charge on any atom is -0.335 e. The number of hydrogen-bond acceptors (Lipinski definition) is 5. The van der Waals surface area contributed by atoms with Gasteiger partial charge in [-0.1, -0.05) is 49.7 Å². The standard InChI is InChI=1S/C21H27N5O2S/c1-14-7-5-6-10-17(14)22-20(28)23-18(27)13-29-21-24-19(15-11-12-15)26(25-21)16-8-3-2-4-9-16/h2-4,8-9,14-15,17H,5-7,10-13H2,1H3,(H2,22,23,27,28)/t14-,17-/m1/s1. The molecule has 0 unspecified atom stereocenters. The van der Waals surface area contributed by atoms with E-state index in [0.717, 1.165) is 43.6 Å². The average molecular weight is 414 g/mol. The number of thioether (sulfide) groups is 1. The molecule has 0 bridgehead atoms. The number of rotatable bonds is 6.